The summed E-state index contributed by atoms with van der Waals surface area (Å²) in [6.07, 6.45) is 0.353. The van der Waals surface area contributed by atoms with Crippen LogP contribution in [-0.2, 0) is 16.0 Å². The maximum absolute atomic E-state index is 12.2. The maximum Gasteiger partial charge on any atom is 0.227 e. The van der Waals surface area contributed by atoms with Crippen molar-refractivity contribution in [3.8, 4) is 0 Å². The summed E-state index contributed by atoms with van der Waals surface area (Å²) in [6.45, 7) is 2.38. The average molecular weight is 276 g/mol. The van der Waals surface area contributed by atoms with E-state index in [0.29, 0.717) is 19.5 Å². The zero-order chi connectivity index (χ0) is 14.5. The van der Waals surface area contributed by atoms with E-state index >= 15 is 0 Å². The Morgan fingerprint density at radius 1 is 1.30 bits per heavy atom. The summed E-state index contributed by atoms with van der Waals surface area (Å²) in [6, 6.07) is 9.41. The lowest BCUT2D eigenvalue weighted by atomic mass is 10.1. The molecule has 1 aromatic rings. The van der Waals surface area contributed by atoms with Crippen LogP contribution >= 0.6 is 0 Å². The fourth-order valence-electron chi connectivity index (χ4n) is 2.57. The molecule has 1 heterocycles. The van der Waals surface area contributed by atoms with Gasteiger partial charge in [-0.3, -0.25) is 9.59 Å². The van der Waals surface area contributed by atoms with Crippen LogP contribution in [0.3, 0.4) is 0 Å². The Morgan fingerprint density at radius 3 is 2.60 bits per heavy atom. The van der Waals surface area contributed by atoms with Crippen molar-refractivity contribution in [2.45, 2.75) is 19.4 Å². The molecule has 5 heteroatoms. The van der Waals surface area contributed by atoms with Crippen LogP contribution in [0.25, 0.3) is 0 Å². The zero-order valence-corrected chi connectivity index (χ0v) is 11.6. The lowest BCUT2D eigenvalue weighted by Crippen LogP contribution is -2.40. The summed E-state index contributed by atoms with van der Waals surface area (Å²) < 4.78 is 0. The highest BCUT2D eigenvalue weighted by molar-refractivity contribution is 5.79. The topological polar surface area (TPSA) is 69.6 Å². The van der Waals surface area contributed by atoms with E-state index in [2.05, 4.69) is 5.32 Å². The van der Waals surface area contributed by atoms with Gasteiger partial charge < -0.3 is 15.3 Å². The summed E-state index contributed by atoms with van der Waals surface area (Å²) in [5.74, 6) is -0.188. The van der Waals surface area contributed by atoms with Crippen molar-refractivity contribution in [3.63, 3.8) is 0 Å². The van der Waals surface area contributed by atoms with Crippen LogP contribution < -0.4 is 5.32 Å². The molecule has 2 amide bonds. The molecule has 0 aromatic heterocycles. The number of hydrogen-bond donors (Lipinski definition) is 2. The first kappa shape index (κ1) is 14.5. The quantitative estimate of drug-likeness (QED) is 0.824. The number of likely N-dealkylation sites (tertiary alicyclic amines) is 1. The molecule has 1 aliphatic rings. The molecule has 0 saturated carbocycles. The lowest BCUT2D eigenvalue weighted by molar-refractivity contribution is -0.130. The predicted octanol–water partition coefficient (Wildman–Crippen LogP) is 0.184. The maximum atomic E-state index is 12.2. The van der Waals surface area contributed by atoms with Crippen LogP contribution in [0.15, 0.2) is 30.3 Å². The highest BCUT2D eigenvalue weighted by Crippen LogP contribution is 2.18. The highest BCUT2D eigenvalue weighted by atomic mass is 16.3. The molecule has 0 radical (unpaired) electrons. The summed E-state index contributed by atoms with van der Waals surface area (Å²) in [7, 11) is 0. The summed E-state index contributed by atoms with van der Waals surface area (Å²) in [5.41, 5.74) is 0.973. The van der Waals surface area contributed by atoms with Gasteiger partial charge in [0, 0.05) is 32.5 Å². The van der Waals surface area contributed by atoms with E-state index < -0.39 is 0 Å². The van der Waals surface area contributed by atoms with Crippen molar-refractivity contribution < 1.29 is 14.7 Å². The number of nitrogens with zero attached hydrogens (tertiary/aromatic N) is 1. The molecule has 0 bridgehead atoms. The number of aliphatic hydroxyl groups is 1. The molecule has 1 fully saturated rings. The van der Waals surface area contributed by atoms with Crippen LogP contribution in [-0.4, -0.2) is 47.6 Å². The number of hydrogen-bond acceptors (Lipinski definition) is 3. The Kier molecular flexibility index (Phi) is 4.74. The zero-order valence-electron chi connectivity index (χ0n) is 11.6. The number of rotatable bonds is 4. The minimum atomic E-state index is -0.155. The van der Waals surface area contributed by atoms with E-state index in [1.807, 2.05) is 30.3 Å². The van der Waals surface area contributed by atoms with Gasteiger partial charge in [-0.2, -0.15) is 0 Å². The molecule has 2 N–H and O–H groups in total. The number of aliphatic hydroxyl groups excluding tert-OH is 1. The van der Waals surface area contributed by atoms with Gasteiger partial charge in [0.2, 0.25) is 11.8 Å². The van der Waals surface area contributed by atoms with Crippen molar-refractivity contribution >= 4 is 11.8 Å². The monoisotopic (exact) mass is 276 g/mol. The van der Waals surface area contributed by atoms with Crippen molar-refractivity contribution in [2.75, 3.05) is 19.7 Å². The van der Waals surface area contributed by atoms with Crippen molar-refractivity contribution in [1.29, 1.82) is 0 Å². The second kappa shape index (κ2) is 6.52. The minimum Gasteiger partial charge on any atom is -0.396 e. The molecule has 0 spiro atoms. The molecule has 20 heavy (non-hydrogen) atoms. The molecule has 2 atom stereocenters. The standard InChI is InChI=1S/C15H20N2O3/c1-11(19)16-14-9-17(8-13(14)10-18)15(20)7-12-5-3-2-4-6-12/h2-6,13-14,18H,7-10H2,1H3,(H,16,19)/t13-,14+/m0/s1. The van der Waals surface area contributed by atoms with Gasteiger partial charge in [-0.25, -0.2) is 0 Å². The van der Waals surface area contributed by atoms with Crippen LogP contribution in [0.5, 0.6) is 0 Å². The third-order valence-corrected chi connectivity index (χ3v) is 3.62. The fraction of sp³-hybridized carbons (Fsp3) is 0.467. The van der Waals surface area contributed by atoms with Gasteiger partial charge in [0.25, 0.3) is 0 Å². The van der Waals surface area contributed by atoms with Crippen LogP contribution in [0, 0.1) is 5.92 Å². The van der Waals surface area contributed by atoms with Gasteiger partial charge in [0.05, 0.1) is 12.5 Å². The average Bonchev–Trinajstić information content (AvgIpc) is 2.82. The summed E-state index contributed by atoms with van der Waals surface area (Å²) in [5, 5.41) is 12.1. The van der Waals surface area contributed by atoms with Crippen LogP contribution in [0.4, 0.5) is 0 Å². The molecular weight excluding hydrogens is 256 g/mol. The minimum absolute atomic E-state index is 0.0277. The molecule has 1 aromatic carbocycles. The van der Waals surface area contributed by atoms with E-state index in [-0.39, 0.29) is 30.4 Å². The van der Waals surface area contributed by atoms with Gasteiger partial charge in [0.1, 0.15) is 0 Å². The Hall–Kier alpha value is -1.88. The summed E-state index contributed by atoms with van der Waals surface area (Å²) >= 11 is 0. The van der Waals surface area contributed by atoms with Crippen LogP contribution in [0.1, 0.15) is 12.5 Å². The molecule has 0 unspecified atom stereocenters. The van der Waals surface area contributed by atoms with Gasteiger partial charge in [0.15, 0.2) is 0 Å². The Bertz CT molecular complexity index is 475. The molecule has 1 aliphatic heterocycles. The number of nitrogens with one attached hydrogen (secondary N) is 1. The Labute approximate surface area is 118 Å². The number of benzene rings is 1. The molecule has 1 saturated heterocycles. The number of carbonyl (C=O) groups is 2. The third-order valence-electron chi connectivity index (χ3n) is 3.62. The van der Waals surface area contributed by atoms with Crippen molar-refractivity contribution in [3.05, 3.63) is 35.9 Å². The lowest BCUT2D eigenvalue weighted by Gasteiger charge is -2.17. The van der Waals surface area contributed by atoms with Gasteiger partial charge in [-0.05, 0) is 5.56 Å². The van der Waals surface area contributed by atoms with Gasteiger partial charge in [-0.1, -0.05) is 30.3 Å². The highest BCUT2D eigenvalue weighted by Gasteiger charge is 2.35. The normalized spacial score (nSPS) is 21.8. The Morgan fingerprint density at radius 2 is 2.00 bits per heavy atom. The van der Waals surface area contributed by atoms with E-state index in [1.165, 1.54) is 6.92 Å². The SMILES string of the molecule is CC(=O)N[C@@H]1CN(C(=O)Cc2ccccc2)C[C@H]1CO. The number of amides is 2. The van der Waals surface area contributed by atoms with Crippen molar-refractivity contribution in [2.24, 2.45) is 5.92 Å². The van der Waals surface area contributed by atoms with Gasteiger partial charge >= 0.3 is 0 Å². The first-order valence-electron chi connectivity index (χ1n) is 6.80. The molecule has 0 aliphatic carbocycles. The first-order valence-corrected chi connectivity index (χ1v) is 6.80. The number of carbonyl (C=O) groups excluding carboxylic acids is 2. The predicted molar refractivity (Wildman–Crippen MR) is 74.9 cm³/mol. The third kappa shape index (κ3) is 3.57. The second-order valence-corrected chi connectivity index (χ2v) is 5.21. The van der Waals surface area contributed by atoms with E-state index in [9.17, 15) is 14.7 Å². The fourth-order valence-corrected chi connectivity index (χ4v) is 2.57. The largest absolute Gasteiger partial charge is 0.396 e. The Balaban J connectivity index is 1.96. The van der Waals surface area contributed by atoms with E-state index in [1.54, 1.807) is 4.90 Å². The first-order chi connectivity index (χ1) is 9.60. The van der Waals surface area contributed by atoms with E-state index in [4.69, 9.17) is 0 Å². The van der Waals surface area contributed by atoms with Crippen LogP contribution in [0.2, 0.25) is 0 Å². The molecular formula is C15H20N2O3. The molecule has 2 rings (SSSR count). The molecule has 5 nitrogen and oxygen atoms in total. The smallest absolute Gasteiger partial charge is 0.227 e. The van der Waals surface area contributed by atoms with E-state index in [0.717, 1.165) is 5.56 Å². The summed E-state index contributed by atoms with van der Waals surface area (Å²) in [4.78, 5) is 25.1. The second-order valence-electron chi connectivity index (χ2n) is 5.21. The van der Waals surface area contributed by atoms with Gasteiger partial charge in [-0.15, -0.1) is 0 Å². The van der Waals surface area contributed by atoms with Crippen molar-refractivity contribution in [1.82, 2.24) is 10.2 Å². The molecule has 108 valence electrons.